The van der Waals surface area contributed by atoms with Gasteiger partial charge in [-0.15, -0.1) is 46.9 Å². The molecule has 0 N–H and O–H groups in total. The van der Waals surface area contributed by atoms with Crippen LogP contribution in [0.1, 0.15) is 102 Å². The van der Waals surface area contributed by atoms with Gasteiger partial charge in [-0.3, -0.25) is 6.08 Å². The topological polar surface area (TPSA) is 0 Å². The van der Waals surface area contributed by atoms with Gasteiger partial charge in [0.2, 0.25) is 0 Å². The van der Waals surface area contributed by atoms with Crippen molar-refractivity contribution < 1.29 is 49.0 Å². The van der Waals surface area contributed by atoms with E-state index in [1.807, 2.05) is 12.2 Å². The van der Waals surface area contributed by atoms with Crippen molar-refractivity contribution >= 4 is 14.4 Å². The minimum absolute atomic E-state index is 0. The summed E-state index contributed by atoms with van der Waals surface area (Å²) in [5.41, 5.74) is 13.0. The van der Waals surface area contributed by atoms with E-state index in [1.54, 1.807) is 24.2 Å². The van der Waals surface area contributed by atoms with Crippen LogP contribution in [0.5, 0.6) is 0 Å². The van der Waals surface area contributed by atoms with Crippen molar-refractivity contribution in [1.82, 2.24) is 0 Å². The Morgan fingerprint density at radius 1 is 0.826 bits per heavy atom. The molecule has 0 aromatic heterocycles. The number of halogens is 2. The normalized spacial score (nSPS) is 17.6. The maximum atomic E-state index is 3.87. The number of benzene rings is 3. The Kier molecular flexibility index (Phi) is 14.0. The van der Waals surface area contributed by atoms with Gasteiger partial charge >= 0.3 is 41.3 Å². The van der Waals surface area contributed by atoms with Gasteiger partial charge in [0.15, 0.2) is 0 Å². The second-order valence-electron chi connectivity index (χ2n) is 14.3. The molecule has 1 unspecified atom stereocenters. The molecule has 1 atom stereocenters. The molecule has 3 aliphatic rings. The fraction of sp³-hybridized carbons (Fsp3) is 0.326. The first kappa shape index (κ1) is 39.9. The SMILES string of the molecule is CC1=C(c2ccccc2)C2=[C-]c3cc(C)c(C(C)(C)C)cc3C2=CC1(c1ccccc1)C(C)(C)C.C[C](C)=[Zr+2].[C-]1=CC=CC1.[Cl-].[Cl-]. The fourth-order valence-corrected chi connectivity index (χ4v) is 6.75. The number of rotatable bonds is 2. The van der Waals surface area contributed by atoms with E-state index in [9.17, 15) is 0 Å². The van der Waals surface area contributed by atoms with Gasteiger partial charge in [-0.05, 0) is 30.2 Å². The first-order valence-electron chi connectivity index (χ1n) is 15.8. The molecule has 6 rings (SSSR count). The van der Waals surface area contributed by atoms with E-state index in [1.165, 1.54) is 58.9 Å². The smallest absolute Gasteiger partial charge is 0.109 e. The Hall–Kier alpha value is -2.31. The van der Waals surface area contributed by atoms with Crippen LogP contribution in [0.15, 0.2) is 108 Å². The molecule has 0 amide bonds. The molecular weight excluding hydrogens is 679 g/mol. The molecule has 0 saturated carbocycles. The van der Waals surface area contributed by atoms with Crippen LogP contribution in [0.25, 0.3) is 11.1 Å². The van der Waals surface area contributed by atoms with E-state index < -0.39 is 0 Å². The standard InChI is InChI=1S/C35H37.C5H5.C3H6.2ClH.Zr/c1-23-19-26-20-29-30(28(26)21-31(23)33(3,4)5)22-35(34(6,7)8,27-17-13-10-14-18-27)24(2)32(29)25-15-11-9-12-16-25;1-2-4-5-3-1;1-3-2;;;/h9-19,21-22H,1-8H3;1-3H,4H2;1-2H3;2*1H;/q2*-1;;;;+2/p-2. The van der Waals surface area contributed by atoms with Crippen molar-refractivity contribution in [3.63, 3.8) is 0 Å². The van der Waals surface area contributed by atoms with Crippen LogP contribution in [-0.4, -0.2) is 3.21 Å². The van der Waals surface area contributed by atoms with E-state index in [-0.39, 0.29) is 41.1 Å². The fourth-order valence-electron chi connectivity index (χ4n) is 6.75. The van der Waals surface area contributed by atoms with E-state index in [0.717, 1.165) is 6.42 Å². The number of allylic oxidation sites excluding steroid dienone is 9. The quantitative estimate of drug-likeness (QED) is 0.315. The number of hydrogen-bond acceptors (Lipinski definition) is 0. The summed E-state index contributed by atoms with van der Waals surface area (Å²) >= 11 is 1.55. The van der Waals surface area contributed by atoms with Crippen LogP contribution < -0.4 is 24.8 Å². The van der Waals surface area contributed by atoms with Gasteiger partial charge in [-0.2, -0.15) is 6.08 Å². The largest absolute Gasteiger partial charge is 1.00 e. The molecule has 46 heavy (non-hydrogen) atoms. The van der Waals surface area contributed by atoms with Crippen molar-refractivity contribution in [2.75, 3.05) is 0 Å². The van der Waals surface area contributed by atoms with E-state index in [2.05, 4.69) is 166 Å². The Morgan fingerprint density at radius 3 is 1.85 bits per heavy atom. The van der Waals surface area contributed by atoms with Crippen LogP contribution >= 0.6 is 0 Å². The van der Waals surface area contributed by atoms with Gasteiger partial charge < -0.3 is 24.8 Å². The van der Waals surface area contributed by atoms with E-state index in [0.29, 0.717) is 0 Å². The molecule has 0 heterocycles. The van der Waals surface area contributed by atoms with Gasteiger partial charge in [0.05, 0.1) is 0 Å². The van der Waals surface area contributed by atoms with Crippen molar-refractivity contribution in [2.24, 2.45) is 5.41 Å². The summed E-state index contributed by atoms with van der Waals surface area (Å²) in [6, 6.07) is 26.8. The minimum atomic E-state index is -0.242. The van der Waals surface area contributed by atoms with Crippen molar-refractivity contribution in [2.45, 2.75) is 86.5 Å². The zero-order valence-electron chi connectivity index (χ0n) is 29.2. The van der Waals surface area contributed by atoms with E-state index >= 15 is 0 Å². The van der Waals surface area contributed by atoms with E-state index in [4.69, 9.17) is 0 Å². The molecule has 0 nitrogen and oxygen atoms in total. The van der Waals surface area contributed by atoms with Gasteiger partial charge in [-0.25, -0.2) is 12.2 Å². The monoisotopic (exact) mass is 724 g/mol. The van der Waals surface area contributed by atoms with Gasteiger partial charge in [0.25, 0.3) is 0 Å². The van der Waals surface area contributed by atoms with Crippen LogP contribution in [-0.2, 0) is 35.1 Å². The Labute approximate surface area is 307 Å². The third kappa shape index (κ3) is 8.39. The summed E-state index contributed by atoms with van der Waals surface area (Å²) < 4.78 is 1.51. The first-order chi connectivity index (χ1) is 20.7. The zero-order valence-corrected chi connectivity index (χ0v) is 33.2. The average molecular weight is 727 g/mol. The Bertz CT molecular complexity index is 1660. The second kappa shape index (κ2) is 16.2. The van der Waals surface area contributed by atoms with Crippen LogP contribution in [0.3, 0.4) is 0 Å². The van der Waals surface area contributed by atoms with Crippen molar-refractivity contribution in [1.29, 1.82) is 0 Å². The molecule has 0 saturated heterocycles. The van der Waals surface area contributed by atoms with Crippen LogP contribution in [0, 0.1) is 24.5 Å². The molecule has 3 aromatic carbocycles. The molecule has 3 aliphatic carbocycles. The summed E-state index contributed by atoms with van der Waals surface area (Å²) in [6.07, 6.45) is 16.4. The van der Waals surface area contributed by atoms with Gasteiger partial charge in [-0.1, -0.05) is 136 Å². The van der Waals surface area contributed by atoms with Gasteiger partial charge in [0, 0.05) is 5.41 Å². The summed E-state index contributed by atoms with van der Waals surface area (Å²) in [7, 11) is 0. The first-order valence-corrected chi connectivity index (χ1v) is 17.0. The molecule has 0 radical (unpaired) electrons. The Balaban J connectivity index is 0.000000586. The van der Waals surface area contributed by atoms with Crippen LogP contribution in [0.4, 0.5) is 0 Å². The number of aryl methyl sites for hydroxylation is 1. The minimum Gasteiger partial charge on any atom is -1.00 e. The molecular formula is C43H48Cl2Zr-2. The zero-order chi connectivity index (χ0) is 32.3. The van der Waals surface area contributed by atoms with Crippen molar-refractivity contribution in [3.8, 4) is 0 Å². The molecule has 0 spiro atoms. The van der Waals surface area contributed by atoms with Gasteiger partial charge in [0.1, 0.15) is 0 Å². The maximum Gasteiger partial charge on any atom is -0.109 e. The Morgan fingerprint density at radius 2 is 1.39 bits per heavy atom. The number of fused-ring (bicyclic) bond motifs is 3. The predicted molar refractivity (Wildman–Crippen MR) is 188 cm³/mol. The average Bonchev–Trinajstić information content (AvgIpc) is 3.63. The summed E-state index contributed by atoms with van der Waals surface area (Å²) in [6.45, 7) is 22.9. The molecule has 3 heteroatoms. The van der Waals surface area contributed by atoms with Crippen LogP contribution in [0.2, 0.25) is 0 Å². The summed E-state index contributed by atoms with van der Waals surface area (Å²) in [5, 5.41) is 0. The molecule has 0 bridgehead atoms. The maximum absolute atomic E-state index is 3.87. The third-order valence-electron chi connectivity index (χ3n) is 8.63. The molecule has 3 aromatic rings. The summed E-state index contributed by atoms with van der Waals surface area (Å²) in [5.74, 6) is 0. The third-order valence-corrected chi connectivity index (χ3v) is 8.63. The predicted octanol–water partition coefficient (Wildman–Crippen LogP) is 5.30. The molecule has 0 aliphatic heterocycles. The molecule has 240 valence electrons. The second-order valence-corrected chi connectivity index (χ2v) is 16.8. The number of hydrogen-bond donors (Lipinski definition) is 0. The molecule has 0 fully saturated rings. The van der Waals surface area contributed by atoms with Crippen molar-refractivity contribution in [3.05, 3.63) is 154 Å². The summed E-state index contributed by atoms with van der Waals surface area (Å²) in [4.78, 5) is 0.